The summed E-state index contributed by atoms with van der Waals surface area (Å²) >= 11 is 0. The summed E-state index contributed by atoms with van der Waals surface area (Å²) in [5.74, 6) is 0.927. The van der Waals surface area contributed by atoms with E-state index < -0.39 is 97.5 Å². The smallest absolute Gasteiger partial charge is 0.462 e. The fraction of sp³-hybridized carbons (Fsp3) is 0.949. The topological polar surface area (TPSA) is 237 Å². The van der Waals surface area contributed by atoms with Crippen LogP contribution in [0.15, 0.2) is 0 Å². The molecule has 0 saturated carbocycles. The summed E-state index contributed by atoms with van der Waals surface area (Å²) in [6.07, 6.45) is 52.8. The second-order valence-electron chi connectivity index (χ2n) is 30.0. The largest absolute Gasteiger partial charge is 0.472 e. The van der Waals surface area contributed by atoms with Crippen LogP contribution in [0.1, 0.15) is 396 Å². The number of ether oxygens (including phenoxy) is 4. The molecule has 0 bridgehead atoms. The van der Waals surface area contributed by atoms with Crippen molar-refractivity contribution in [2.45, 2.75) is 414 Å². The molecule has 0 fully saturated rings. The van der Waals surface area contributed by atoms with Gasteiger partial charge in [-0.05, 0) is 49.4 Å². The van der Waals surface area contributed by atoms with Crippen LogP contribution in [-0.4, -0.2) is 96.7 Å². The molecule has 0 rings (SSSR count). The molecule has 19 heteroatoms. The van der Waals surface area contributed by atoms with Gasteiger partial charge in [-0.25, -0.2) is 9.13 Å². The van der Waals surface area contributed by atoms with Gasteiger partial charge >= 0.3 is 39.5 Å². The van der Waals surface area contributed by atoms with Crippen LogP contribution in [0.2, 0.25) is 0 Å². The zero-order valence-electron chi connectivity index (χ0n) is 63.7. The molecule has 0 aromatic heterocycles. The molecule has 0 aliphatic carbocycles. The Labute approximate surface area is 594 Å². The summed E-state index contributed by atoms with van der Waals surface area (Å²) in [6.45, 7) is 14.2. The molecule has 0 radical (unpaired) electrons. The summed E-state index contributed by atoms with van der Waals surface area (Å²) in [6, 6.07) is 0. The molecule has 576 valence electrons. The lowest BCUT2D eigenvalue weighted by Crippen LogP contribution is -2.30. The molecule has 0 aromatic rings. The highest BCUT2D eigenvalue weighted by Gasteiger charge is 2.30. The van der Waals surface area contributed by atoms with E-state index in [-0.39, 0.29) is 25.7 Å². The van der Waals surface area contributed by atoms with Crippen molar-refractivity contribution in [1.29, 1.82) is 0 Å². The number of aliphatic hydroxyl groups excluding tert-OH is 1. The number of carbonyl (C=O) groups is 4. The van der Waals surface area contributed by atoms with Gasteiger partial charge in [-0.3, -0.25) is 37.3 Å². The molecule has 0 aromatic carbocycles. The fourth-order valence-corrected chi connectivity index (χ4v) is 13.5. The maximum absolute atomic E-state index is 13.1. The zero-order chi connectivity index (χ0) is 71.7. The van der Waals surface area contributed by atoms with Gasteiger partial charge in [0.1, 0.15) is 19.3 Å². The first-order valence-electron chi connectivity index (χ1n) is 40.2. The Bertz CT molecular complexity index is 1900. The maximum atomic E-state index is 13.1. The van der Waals surface area contributed by atoms with Crippen LogP contribution in [0.4, 0.5) is 0 Å². The van der Waals surface area contributed by atoms with Crippen LogP contribution in [-0.2, 0) is 65.4 Å². The number of esters is 4. The molecule has 3 N–H and O–H groups in total. The minimum absolute atomic E-state index is 0.105. The van der Waals surface area contributed by atoms with Gasteiger partial charge in [0.25, 0.3) is 0 Å². The lowest BCUT2D eigenvalue weighted by molar-refractivity contribution is -0.161. The molecule has 5 atom stereocenters. The molecule has 0 saturated heterocycles. The van der Waals surface area contributed by atoms with E-state index in [1.165, 1.54) is 193 Å². The second-order valence-corrected chi connectivity index (χ2v) is 32.9. The third-order valence-electron chi connectivity index (χ3n) is 18.1. The molecule has 97 heavy (non-hydrogen) atoms. The monoisotopic (exact) mass is 1420 g/mol. The van der Waals surface area contributed by atoms with Crippen molar-refractivity contribution in [1.82, 2.24) is 0 Å². The van der Waals surface area contributed by atoms with Gasteiger partial charge in [0.2, 0.25) is 0 Å². The highest BCUT2D eigenvalue weighted by molar-refractivity contribution is 7.47. The van der Waals surface area contributed by atoms with Crippen molar-refractivity contribution in [3.05, 3.63) is 0 Å². The zero-order valence-corrected chi connectivity index (χ0v) is 65.5. The standard InChI is InChI=1S/C78H152O17P2/c1-68(2)54-46-38-30-23-17-13-11-9-10-12-14-19-26-34-42-50-58-75(80)88-64-73(94-77(82)60-52-44-35-27-20-16-15-18-24-31-39-47-55-69(3)4)66-92-96(84,85)90-62-72(79)63-91-97(86,87)93-67-74(65-89-76(81)59-51-43-37-29-33-41-49-57-71(7)8)95-78(83)61-53-45-36-28-22-21-25-32-40-48-56-70(5)6/h68-74,79H,9-67H2,1-8H3,(H,84,85)(H,86,87)/t72?,73-,74-/m1/s1. The number of rotatable bonds is 75. The average Bonchev–Trinajstić information content (AvgIpc) is 1.15. The average molecular weight is 1420 g/mol. The van der Waals surface area contributed by atoms with E-state index in [9.17, 15) is 43.2 Å². The molecule has 3 unspecified atom stereocenters. The Morgan fingerprint density at radius 3 is 0.639 bits per heavy atom. The SMILES string of the molecule is CC(C)CCCCCCCCCCCCCCCCCCC(=O)OC[C@H](COP(=O)(O)OCC(O)COP(=O)(O)OC[C@@H](COC(=O)CCCCCCCCCC(C)C)OC(=O)CCCCCCCCCCCCC(C)C)OC(=O)CCCCCCCCCCCCCCC(C)C. The number of hydrogen-bond donors (Lipinski definition) is 3. The van der Waals surface area contributed by atoms with Gasteiger partial charge in [-0.15, -0.1) is 0 Å². The first-order chi connectivity index (χ1) is 46.6. The lowest BCUT2D eigenvalue weighted by Gasteiger charge is -2.21. The highest BCUT2D eigenvalue weighted by atomic mass is 31.2. The van der Waals surface area contributed by atoms with Gasteiger partial charge in [0.05, 0.1) is 26.4 Å². The maximum Gasteiger partial charge on any atom is 0.472 e. The third kappa shape index (κ3) is 72.2. The molecular formula is C78H152O17P2. The molecule has 17 nitrogen and oxygen atoms in total. The first kappa shape index (κ1) is 95.1. The van der Waals surface area contributed by atoms with E-state index in [0.717, 1.165) is 114 Å². The summed E-state index contributed by atoms with van der Waals surface area (Å²) < 4.78 is 68.6. The van der Waals surface area contributed by atoms with Crippen molar-refractivity contribution in [2.24, 2.45) is 23.7 Å². The van der Waals surface area contributed by atoms with Crippen molar-refractivity contribution in [3.63, 3.8) is 0 Å². The molecule has 0 spiro atoms. The Morgan fingerprint density at radius 2 is 0.433 bits per heavy atom. The van der Waals surface area contributed by atoms with E-state index in [4.69, 9.17) is 37.0 Å². The number of carbonyl (C=O) groups excluding carboxylic acids is 4. The molecule has 0 heterocycles. The van der Waals surface area contributed by atoms with Crippen LogP contribution in [0, 0.1) is 23.7 Å². The highest BCUT2D eigenvalue weighted by Crippen LogP contribution is 2.45. The Balaban J connectivity index is 5.23. The molecular weight excluding hydrogens is 1270 g/mol. The van der Waals surface area contributed by atoms with E-state index in [1.54, 1.807) is 0 Å². The van der Waals surface area contributed by atoms with Crippen LogP contribution >= 0.6 is 15.6 Å². The lowest BCUT2D eigenvalue weighted by atomic mass is 10.0. The van der Waals surface area contributed by atoms with Gasteiger partial charge in [0, 0.05) is 25.7 Å². The van der Waals surface area contributed by atoms with Crippen molar-refractivity contribution >= 4 is 39.5 Å². The van der Waals surface area contributed by atoms with Crippen molar-refractivity contribution in [3.8, 4) is 0 Å². The predicted molar refractivity (Wildman–Crippen MR) is 395 cm³/mol. The van der Waals surface area contributed by atoms with Crippen molar-refractivity contribution < 1.29 is 80.2 Å². The van der Waals surface area contributed by atoms with Gasteiger partial charge in [-0.2, -0.15) is 0 Å². The summed E-state index contributed by atoms with van der Waals surface area (Å²) in [5, 5.41) is 10.6. The number of phosphoric acid groups is 2. The molecule has 0 amide bonds. The van der Waals surface area contributed by atoms with Crippen LogP contribution in [0.3, 0.4) is 0 Å². The number of aliphatic hydroxyl groups is 1. The van der Waals surface area contributed by atoms with Crippen LogP contribution in [0.5, 0.6) is 0 Å². The summed E-state index contributed by atoms with van der Waals surface area (Å²) in [7, 11) is -9.92. The molecule has 0 aliphatic heterocycles. The quantitative estimate of drug-likeness (QED) is 0.0222. The predicted octanol–water partition coefficient (Wildman–Crippen LogP) is 22.8. The van der Waals surface area contributed by atoms with E-state index in [0.29, 0.717) is 31.6 Å². The number of unbranched alkanes of at least 4 members (excludes halogenated alkanes) is 41. The van der Waals surface area contributed by atoms with E-state index >= 15 is 0 Å². The third-order valence-corrected chi connectivity index (χ3v) is 20.0. The fourth-order valence-electron chi connectivity index (χ4n) is 11.9. The summed E-state index contributed by atoms with van der Waals surface area (Å²) in [5.41, 5.74) is 0. The van der Waals surface area contributed by atoms with Crippen LogP contribution in [0.25, 0.3) is 0 Å². The Hall–Kier alpha value is -1.94. The Morgan fingerprint density at radius 1 is 0.258 bits per heavy atom. The minimum Gasteiger partial charge on any atom is -0.462 e. The van der Waals surface area contributed by atoms with E-state index in [2.05, 4.69) is 55.4 Å². The second kappa shape index (κ2) is 67.2. The summed E-state index contributed by atoms with van der Waals surface area (Å²) in [4.78, 5) is 72.9. The number of hydrogen-bond acceptors (Lipinski definition) is 15. The van der Waals surface area contributed by atoms with Crippen LogP contribution < -0.4 is 0 Å². The van der Waals surface area contributed by atoms with Crippen molar-refractivity contribution in [2.75, 3.05) is 39.6 Å². The Kier molecular flexibility index (Phi) is 65.9. The van der Waals surface area contributed by atoms with Gasteiger partial charge < -0.3 is 33.8 Å². The van der Waals surface area contributed by atoms with Gasteiger partial charge in [0.15, 0.2) is 12.2 Å². The number of phosphoric ester groups is 2. The minimum atomic E-state index is -4.96. The first-order valence-corrected chi connectivity index (χ1v) is 43.2. The van der Waals surface area contributed by atoms with Gasteiger partial charge in [-0.1, -0.05) is 344 Å². The van der Waals surface area contributed by atoms with E-state index in [1.807, 2.05) is 0 Å². The normalized spacial score (nSPS) is 14.1. The molecule has 0 aliphatic rings.